The minimum Gasteiger partial charge on any atom is -0.370 e. The monoisotopic (exact) mass is 277 g/mol. The van der Waals surface area contributed by atoms with E-state index in [2.05, 4.69) is 53.3 Å². The molecule has 0 aliphatic rings. The second-order valence-electron chi connectivity index (χ2n) is 5.21. The number of nitrogens with zero attached hydrogens (tertiary/aromatic N) is 2. The highest BCUT2D eigenvalue weighted by Crippen LogP contribution is 2.29. The van der Waals surface area contributed by atoms with Crippen molar-refractivity contribution in [3.63, 3.8) is 0 Å². The van der Waals surface area contributed by atoms with Gasteiger partial charge in [-0.3, -0.25) is 4.98 Å². The largest absolute Gasteiger partial charge is 0.370 e. The molecule has 0 aliphatic heterocycles. The van der Waals surface area contributed by atoms with Crippen molar-refractivity contribution in [3.05, 3.63) is 72.1 Å². The minimum atomic E-state index is 0.564. The Balaban J connectivity index is 2.00. The summed E-state index contributed by atoms with van der Waals surface area (Å²) in [5, 5.41) is 2.48. The van der Waals surface area contributed by atoms with E-state index in [1.54, 1.807) is 0 Å². The highest BCUT2D eigenvalue weighted by Gasteiger charge is 2.09. The summed E-state index contributed by atoms with van der Waals surface area (Å²) in [4.78, 5) is 6.33. The van der Waals surface area contributed by atoms with Gasteiger partial charge in [-0.1, -0.05) is 30.3 Å². The Kier molecular flexibility index (Phi) is 3.84. The van der Waals surface area contributed by atoms with E-state index >= 15 is 0 Å². The van der Waals surface area contributed by atoms with Crippen LogP contribution >= 0.6 is 0 Å². The van der Waals surface area contributed by atoms with E-state index in [0.717, 1.165) is 6.54 Å². The molecule has 0 amide bonds. The first kappa shape index (κ1) is 13.6. The Bertz CT molecular complexity index is 738. The molecule has 0 saturated heterocycles. The molecule has 1 aromatic heterocycles. The molecule has 3 aromatic rings. The molecule has 2 N–H and O–H groups in total. The van der Waals surface area contributed by atoms with Crippen LogP contribution < -0.4 is 10.6 Å². The summed E-state index contributed by atoms with van der Waals surface area (Å²) in [6.45, 7) is 1.42. The highest BCUT2D eigenvalue weighted by molar-refractivity contribution is 5.96. The SMILES string of the molecule is CN(Cc1ccncc1)c1ccc(CN)c2ccccc12. The van der Waals surface area contributed by atoms with E-state index < -0.39 is 0 Å². The number of benzene rings is 2. The van der Waals surface area contributed by atoms with Gasteiger partial charge in [0.2, 0.25) is 0 Å². The fourth-order valence-electron chi connectivity index (χ4n) is 2.70. The molecule has 3 nitrogen and oxygen atoms in total. The lowest BCUT2D eigenvalue weighted by atomic mass is 10.0. The molecular weight excluding hydrogens is 258 g/mol. The molecule has 0 spiro atoms. The van der Waals surface area contributed by atoms with Crippen LogP contribution in [-0.2, 0) is 13.1 Å². The molecule has 3 rings (SSSR count). The Morgan fingerprint density at radius 3 is 2.38 bits per heavy atom. The summed E-state index contributed by atoms with van der Waals surface area (Å²) < 4.78 is 0. The Morgan fingerprint density at radius 1 is 0.952 bits per heavy atom. The third-order valence-electron chi connectivity index (χ3n) is 3.79. The Labute approximate surface area is 125 Å². The molecule has 0 radical (unpaired) electrons. The lowest BCUT2D eigenvalue weighted by Crippen LogP contribution is -2.17. The average molecular weight is 277 g/mol. The van der Waals surface area contributed by atoms with E-state index in [9.17, 15) is 0 Å². The van der Waals surface area contributed by atoms with Crippen molar-refractivity contribution in [1.29, 1.82) is 0 Å². The normalized spacial score (nSPS) is 10.8. The number of hydrogen-bond acceptors (Lipinski definition) is 3. The minimum absolute atomic E-state index is 0.564. The van der Waals surface area contributed by atoms with Crippen LogP contribution in [0.4, 0.5) is 5.69 Å². The second-order valence-corrected chi connectivity index (χ2v) is 5.21. The first-order valence-electron chi connectivity index (χ1n) is 7.10. The summed E-state index contributed by atoms with van der Waals surface area (Å²) in [6, 6.07) is 16.8. The van der Waals surface area contributed by atoms with Gasteiger partial charge in [-0.25, -0.2) is 0 Å². The topological polar surface area (TPSA) is 42.2 Å². The number of hydrogen-bond donors (Lipinski definition) is 1. The number of fused-ring (bicyclic) bond motifs is 1. The van der Waals surface area contributed by atoms with Gasteiger partial charge in [0, 0.05) is 43.6 Å². The van der Waals surface area contributed by atoms with E-state index in [-0.39, 0.29) is 0 Å². The van der Waals surface area contributed by atoms with Crippen molar-refractivity contribution in [1.82, 2.24) is 4.98 Å². The summed E-state index contributed by atoms with van der Waals surface area (Å²) >= 11 is 0. The second kappa shape index (κ2) is 5.94. The third kappa shape index (κ3) is 2.73. The van der Waals surface area contributed by atoms with Crippen LogP contribution in [0.3, 0.4) is 0 Å². The summed E-state index contributed by atoms with van der Waals surface area (Å²) in [6.07, 6.45) is 3.66. The Morgan fingerprint density at radius 2 is 1.67 bits per heavy atom. The van der Waals surface area contributed by atoms with Crippen LogP contribution in [0, 0.1) is 0 Å². The van der Waals surface area contributed by atoms with Crippen molar-refractivity contribution in [2.45, 2.75) is 13.1 Å². The van der Waals surface area contributed by atoms with Gasteiger partial charge in [-0.15, -0.1) is 0 Å². The molecule has 3 heteroatoms. The maximum Gasteiger partial charge on any atom is 0.0446 e. The molecule has 2 aromatic carbocycles. The molecule has 0 unspecified atom stereocenters. The van der Waals surface area contributed by atoms with Gasteiger partial charge in [0.1, 0.15) is 0 Å². The van der Waals surface area contributed by atoms with Crippen LogP contribution in [0.5, 0.6) is 0 Å². The number of nitrogens with two attached hydrogens (primary N) is 1. The van der Waals surface area contributed by atoms with Crippen molar-refractivity contribution in [3.8, 4) is 0 Å². The zero-order valence-electron chi connectivity index (χ0n) is 12.2. The average Bonchev–Trinajstić information content (AvgIpc) is 2.54. The highest BCUT2D eigenvalue weighted by atomic mass is 15.1. The standard InChI is InChI=1S/C18H19N3/c1-21(13-14-8-10-20-11-9-14)18-7-6-15(12-19)16-4-2-3-5-17(16)18/h2-11H,12-13,19H2,1H3. The van der Waals surface area contributed by atoms with Gasteiger partial charge in [-0.05, 0) is 34.7 Å². The third-order valence-corrected chi connectivity index (χ3v) is 3.79. The summed E-state index contributed by atoms with van der Waals surface area (Å²) in [5.41, 5.74) is 9.50. The van der Waals surface area contributed by atoms with Gasteiger partial charge in [-0.2, -0.15) is 0 Å². The maximum atomic E-state index is 5.85. The molecule has 0 aliphatic carbocycles. The van der Waals surface area contributed by atoms with E-state index in [1.165, 1.54) is 27.6 Å². The molecular formula is C18H19N3. The van der Waals surface area contributed by atoms with Crippen molar-refractivity contribution < 1.29 is 0 Å². The molecule has 1 heterocycles. The van der Waals surface area contributed by atoms with Crippen LogP contribution in [0.15, 0.2) is 60.9 Å². The summed E-state index contributed by atoms with van der Waals surface area (Å²) in [7, 11) is 2.12. The van der Waals surface area contributed by atoms with Crippen LogP contribution in [-0.4, -0.2) is 12.0 Å². The smallest absolute Gasteiger partial charge is 0.0446 e. The molecule has 0 saturated carbocycles. The molecule has 106 valence electrons. The maximum absolute atomic E-state index is 5.85. The van der Waals surface area contributed by atoms with Gasteiger partial charge >= 0.3 is 0 Å². The fraction of sp³-hybridized carbons (Fsp3) is 0.167. The van der Waals surface area contributed by atoms with Crippen molar-refractivity contribution in [2.75, 3.05) is 11.9 Å². The molecule has 0 atom stereocenters. The van der Waals surface area contributed by atoms with Gasteiger partial charge in [0.15, 0.2) is 0 Å². The first-order chi connectivity index (χ1) is 10.3. The number of rotatable bonds is 4. The van der Waals surface area contributed by atoms with Crippen molar-refractivity contribution >= 4 is 16.5 Å². The van der Waals surface area contributed by atoms with Crippen molar-refractivity contribution in [2.24, 2.45) is 5.73 Å². The van der Waals surface area contributed by atoms with Gasteiger partial charge < -0.3 is 10.6 Å². The lowest BCUT2D eigenvalue weighted by molar-refractivity contribution is 0.923. The zero-order valence-corrected chi connectivity index (χ0v) is 12.2. The quantitative estimate of drug-likeness (QED) is 0.795. The summed E-state index contributed by atoms with van der Waals surface area (Å²) in [5.74, 6) is 0. The van der Waals surface area contributed by atoms with Crippen LogP contribution in [0.1, 0.15) is 11.1 Å². The molecule has 0 bridgehead atoms. The van der Waals surface area contributed by atoms with E-state index in [4.69, 9.17) is 5.73 Å². The number of aromatic nitrogens is 1. The zero-order chi connectivity index (χ0) is 14.7. The van der Waals surface area contributed by atoms with Gasteiger partial charge in [0.25, 0.3) is 0 Å². The first-order valence-corrected chi connectivity index (χ1v) is 7.10. The lowest BCUT2D eigenvalue weighted by Gasteiger charge is -2.22. The van der Waals surface area contributed by atoms with Crippen LogP contribution in [0.25, 0.3) is 10.8 Å². The van der Waals surface area contributed by atoms with E-state index in [0.29, 0.717) is 6.54 Å². The fourth-order valence-corrected chi connectivity index (χ4v) is 2.70. The van der Waals surface area contributed by atoms with Crippen LogP contribution in [0.2, 0.25) is 0 Å². The predicted molar refractivity (Wildman–Crippen MR) is 88.2 cm³/mol. The Hall–Kier alpha value is -2.39. The number of anilines is 1. The van der Waals surface area contributed by atoms with E-state index in [1.807, 2.05) is 24.5 Å². The molecule has 21 heavy (non-hydrogen) atoms. The van der Waals surface area contributed by atoms with Gasteiger partial charge in [0.05, 0.1) is 0 Å². The predicted octanol–water partition coefficient (Wildman–Crippen LogP) is 3.33. The number of pyridine rings is 1. The molecule has 0 fully saturated rings.